The normalized spacial score (nSPS) is 12.2. The Morgan fingerprint density at radius 3 is 2.00 bits per heavy atom. The minimum atomic E-state index is -0.0706. The molecule has 0 radical (unpaired) electrons. The van der Waals surface area contributed by atoms with E-state index in [0.717, 1.165) is 5.57 Å². The van der Waals surface area contributed by atoms with Crippen molar-refractivity contribution in [2.24, 2.45) is 0 Å². The van der Waals surface area contributed by atoms with Gasteiger partial charge in [0.25, 0.3) is 0 Å². The van der Waals surface area contributed by atoms with Crippen molar-refractivity contribution in [3.8, 4) is 0 Å². The molecule has 98 valence electrons. The van der Waals surface area contributed by atoms with Gasteiger partial charge in [0.05, 0.1) is 0 Å². The summed E-state index contributed by atoms with van der Waals surface area (Å²) in [7, 11) is 0. The number of allylic oxidation sites excluding steroid dienone is 10. The first-order valence-electron chi connectivity index (χ1n) is 6.16. The third-order valence-corrected chi connectivity index (χ3v) is 1.92. The van der Waals surface area contributed by atoms with E-state index in [4.69, 9.17) is 0 Å². The van der Waals surface area contributed by atoms with Crippen molar-refractivity contribution in [1.29, 1.82) is 0 Å². The molecular formula is C17H24O. The molecule has 0 aliphatic carbocycles. The van der Waals surface area contributed by atoms with Crippen LogP contribution in [0.1, 0.15) is 27.7 Å². The molecule has 0 aliphatic heterocycles. The van der Waals surface area contributed by atoms with Gasteiger partial charge in [0.15, 0.2) is 5.78 Å². The van der Waals surface area contributed by atoms with E-state index in [2.05, 4.69) is 13.2 Å². The van der Waals surface area contributed by atoms with E-state index in [0.29, 0.717) is 5.57 Å². The Bertz CT molecular complexity index is 376. The number of hydrogen-bond acceptors (Lipinski definition) is 1. The molecule has 0 unspecified atom stereocenters. The topological polar surface area (TPSA) is 17.1 Å². The average molecular weight is 244 g/mol. The Hall–Kier alpha value is -1.89. The monoisotopic (exact) mass is 244 g/mol. The fraction of sp³-hybridized carbons (Fsp3) is 0.235. The average Bonchev–Trinajstić information content (AvgIpc) is 2.42. The lowest BCUT2D eigenvalue weighted by molar-refractivity contribution is -0.111. The summed E-state index contributed by atoms with van der Waals surface area (Å²) in [5, 5.41) is 0. The van der Waals surface area contributed by atoms with E-state index in [-0.39, 0.29) is 5.78 Å². The first-order valence-corrected chi connectivity index (χ1v) is 6.16. The van der Waals surface area contributed by atoms with Crippen molar-refractivity contribution < 1.29 is 4.79 Å². The summed E-state index contributed by atoms with van der Waals surface area (Å²) in [6.07, 6.45) is 13.9. The van der Waals surface area contributed by atoms with Gasteiger partial charge in [-0.3, -0.25) is 4.79 Å². The van der Waals surface area contributed by atoms with Crippen molar-refractivity contribution in [2.75, 3.05) is 0 Å². The van der Waals surface area contributed by atoms with Gasteiger partial charge in [0.1, 0.15) is 0 Å². The fourth-order valence-electron chi connectivity index (χ4n) is 1.09. The highest BCUT2D eigenvalue weighted by Gasteiger charge is 1.99. The zero-order chi connectivity index (χ0) is 14.4. The maximum Gasteiger partial charge on any atom is 0.185 e. The summed E-state index contributed by atoms with van der Waals surface area (Å²) in [6, 6.07) is 0. The van der Waals surface area contributed by atoms with Crippen LogP contribution in [0.5, 0.6) is 0 Å². The van der Waals surface area contributed by atoms with Gasteiger partial charge in [0.2, 0.25) is 0 Å². The molecule has 0 amide bonds. The zero-order valence-corrected chi connectivity index (χ0v) is 11.9. The van der Waals surface area contributed by atoms with Crippen molar-refractivity contribution >= 4 is 5.78 Å². The third kappa shape index (κ3) is 8.28. The lowest BCUT2D eigenvalue weighted by atomic mass is 10.1. The van der Waals surface area contributed by atoms with Gasteiger partial charge in [-0.05, 0) is 25.5 Å². The minimum absolute atomic E-state index is 0.0706. The molecule has 1 heteroatoms. The van der Waals surface area contributed by atoms with Gasteiger partial charge in [0, 0.05) is 5.57 Å². The van der Waals surface area contributed by atoms with Crippen LogP contribution in [0.2, 0.25) is 0 Å². The number of ketones is 1. The van der Waals surface area contributed by atoms with Crippen LogP contribution in [-0.4, -0.2) is 5.78 Å². The van der Waals surface area contributed by atoms with Gasteiger partial charge in [-0.2, -0.15) is 0 Å². The fourth-order valence-corrected chi connectivity index (χ4v) is 1.09. The van der Waals surface area contributed by atoms with Crippen molar-refractivity contribution in [2.45, 2.75) is 27.7 Å². The summed E-state index contributed by atoms with van der Waals surface area (Å²) in [6.45, 7) is 15.0. The molecule has 0 atom stereocenters. The van der Waals surface area contributed by atoms with Crippen LogP contribution in [0.4, 0.5) is 0 Å². The molecule has 0 aromatic heterocycles. The Morgan fingerprint density at radius 1 is 1.00 bits per heavy atom. The lowest BCUT2D eigenvalue weighted by Gasteiger charge is -1.95. The maximum atomic E-state index is 11.7. The highest BCUT2D eigenvalue weighted by atomic mass is 16.1. The van der Waals surface area contributed by atoms with E-state index in [1.165, 1.54) is 12.2 Å². The SMILES string of the molecule is C=C/C=C(\C=C)C(=O)/C=C/C(/C=C\C)=C/C.CC. The molecule has 0 fully saturated rings. The van der Waals surface area contributed by atoms with Gasteiger partial charge in [-0.25, -0.2) is 0 Å². The van der Waals surface area contributed by atoms with Gasteiger partial charge < -0.3 is 0 Å². The predicted molar refractivity (Wildman–Crippen MR) is 82.5 cm³/mol. The second-order valence-corrected chi connectivity index (χ2v) is 3.05. The Morgan fingerprint density at radius 2 is 1.61 bits per heavy atom. The second kappa shape index (κ2) is 13.2. The molecule has 0 spiro atoms. The van der Waals surface area contributed by atoms with Crippen LogP contribution in [0.15, 0.2) is 72.9 Å². The molecule has 0 N–H and O–H groups in total. The molecule has 0 aromatic rings. The smallest absolute Gasteiger partial charge is 0.185 e. The number of hydrogen-bond donors (Lipinski definition) is 0. The van der Waals surface area contributed by atoms with E-state index in [1.807, 2.05) is 45.9 Å². The van der Waals surface area contributed by atoms with Crippen molar-refractivity contribution in [3.63, 3.8) is 0 Å². The Balaban J connectivity index is 0. The maximum absolute atomic E-state index is 11.7. The first-order chi connectivity index (χ1) is 8.69. The predicted octanol–water partition coefficient (Wildman–Crippen LogP) is 4.96. The molecular weight excluding hydrogens is 220 g/mol. The first kappa shape index (κ1) is 18.5. The quantitative estimate of drug-likeness (QED) is 0.477. The standard InChI is InChI=1S/C15H18O.C2H6/c1-5-9-13(7-3)11-12-15(16)14(8-4)10-6-2;1-2/h5-12H,2,4H2,1,3H3;1-2H3/b9-5-,12-11+,13-7+,14-10+;. The lowest BCUT2D eigenvalue weighted by Crippen LogP contribution is -1.94. The van der Waals surface area contributed by atoms with E-state index in [9.17, 15) is 4.79 Å². The van der Waals surface area contributed by atoms with Crippen LogP contribution in [0, 0.1) is 0 Å². The summed E-state index contributed by atoms with van der Waals surface area (Å²) in [5.41, 5.74) is 1.54. The van der Waals surface area contributed by atoms with Crippen LogP contribution >= 0.6 is 0 Å². The largest absolute Gasteiger partial charge is 0.289 e. The van der Waals surface area contributed by atoms with Crippen LogP contribution in [0.25, 0.3) is 0 Å². The van der Waals surface area contributed by atoms with E-state index >= 15 is 0 Å². The summed E-state index contributed by atoms with van der Waals surface area (Å²) >= 11 is 0. The van der Waals surface area contributed by atoms with Crippen LogP contribution in [-0.2, 0) is 4.79 Å². The zero-order valence-electron chi connectivity index (χ0n) is 11.9. The molecule has 0 rings (SSSR count). The summed E-state index contributed by atoms with van der Waals surface area (Å²) in [5.74, 6) is -0.0706. The summed E-state index contributed by atoms with van der Waals surface area (Å²) in [4.78, 5) is 11.7. The number of rotatable bonds is 6. The van der Waals surface area contributed by atoms with E-state index < -0.39 is 0 Å². The minimum Gasteiger partial charge on any atom is -0.289 e. The summed E-state index contributed by atoms with van der Waals surface area (Å²) < 4.78 is 0. The molecule has 0 saturated carbocycles. The molecule has 0 saturated heterocycles. The van der Waals surface area contributed by atoms with Crippen LogP contribution in [0.3, 0.4) is 0 Å². The number of carbonyl (C=O) groups excluding carboxylic acids is 1. The van der Waals surface area contributed by atoms with Gasteiger partial charge in [-0.1, -0.05) is 69.5 Å². The molecule has 0 bridgehead atoms. The Labute approximate surface area is 112 Å². The van der Waals surface area contributed by atoms with Gasteiger partial charge >= 0.3 is 0 Å². The second-order valence-electron chi connectivity index (χ2n) is 3.05. The van der Waals surface area contributed by atoms with Crippen LogP contribution < -0.4 is 0 Å². The highest BCUT2D eigenvalue weighted by molar-refractivity contribution is 6.06. The van der Waals surface area contributed by atoms with Crippen molar-refractivity contribution in [1.82, 2.24) is 0 Å². The van der Waals surface area contributed by atoms with E-state index in [1.54, 1.807) is 18.2 Å². The molecule has 0 aliphatic rings. The Kier molecular flexibility index (Phi) is 13.5. The molecule has 0 heterocycles. The third-order valence-electron chi connectivity index (χ3n) is 1.92. The molecule has 1 nitrogen and oxygen atoms in total. The molecule has 18 heavy (non-hydrogen) atoms. The number of carbonyl (C=O) groups is 1. The van der Waals surface area contributed by atoms with Gasteiger partial charge in [-0.15, -0.1) is 0 Å². The highest BCUT2D eigenvalue weighted by Crippen LogP contribution is 2.04. The molecule has 0 aromatic carbocycles. The van der Waals surface area contributed by atoms with Crippen molar-refractivity contribution in [3.05, 3.63) is 72.9 Å².